The number of amides is 2. The van der Waals surface area contributed by atoms with E-state index in [-0.39, 0.29) is 17.7 Å². The quantitative estimate of drug-likeness (QED) is 0.314. The number of ether oxygens (including phenoxy) is 2. The van der Waals surface area contributed by atoms with E-state index in [9.17, 15) is 9.59 Å². The minimum absolute atomic E-state index is 0.119. The summed E-state index contributed by atoms with van der Waals surface area (Å²) < 4.78 is 11.4. The van der Waals surface area contributed by atoms with Gasteiger partial charge in [-0.15, -0.1) is 0 Å². The second kappa shape index (κ2) is 10.6. The van der Waals surface area contributed by atoms with Crippen molar-refractivity contribution in [2.45, 2.75) is 20.1 Å². The number of benzene rings is 3. The van der Waals surface area contributed by atoms with Crippen LogP contribution in [0.4, 0.5) is 4.79 Å². The van der Waals surface area contributed by atoms with Crippen molar-refractivity contribution in [1.29, 1.82) is 0 Å². The van der Waals surface area contributed by atoms with Gasteiger partial charge in [0.2, 0.25) is 0 Å². The molecule has 0 aromatic heterocycles. The number of hydrogen-bond donors (Lipinski definition) is 0. The molecule has 0 radical (unpaired) electrons. The van der Waals surface area contributed by atoms with Gasteiger partial charge in [0, 0.05) is 0 Å². The van der Waals surface area contributed by atoms with Crippen molar-refractivity contribution in [3.63, 3.8) is 0 Å². The molecule has 8 heteroatoms. The maximum Gasteiger partial charge on any atom is 0.293 e. The maximum atomic E-state index is 12.9. The van der Waals surface area contributed by atoms with Gasteiger partial charge < -0.3 is 9.47 Å². The zero-order valence-electron chi connectivity index (χ0n) is 18.5. The van der Waals surface area contributed by atoms with Crippen LogP contribution >= 0.6 is 35.0 Å². The van der Waals surface area contributed by atoms with E-state index in [0.29, 0.717) is 33.1 Å². The lowest BCUT2D eigenvalue weighted by atomic mass is 10.1. The van der Waals surface area contributed by atoms with Crippen LogP contribution in [0.3, 0.4) is 0 Å². The molecule has 0 unspecified atom stereocenters. The van der Waals surface area contributed by atoms with E-state index in [1.807, 2.05) is 37.3 Å². The molecule has 1 aliphatic rings. The van der Waals surface area contributed by atoms with Gasteiger partial charge in [-0.1, -0.05) is 65.2 Å². The molecule has 0 N–H and O–H groups in total. The van der Waals surface area contributed by atoms with Crippen molar-refractivity contribution in [3.8, 4) is 11.5 Å². The van der Waals surface area contributed by atoms with E-state index >= 15 is 0 Å². The Bertz CT molecular complexity index is 1270. The van der Waals surface area contributed by atoms with Gasteiger partial charge in [-0.25, -0.2) is 0 Å². The summed E-state index contributed by atoms with van der Waals surface area (Å²) in [4.78, 5) is 26.9. The van der Waals surface area contributed by atoms with E-state index in [4.69, 9.17) is 32.7 Å². The van der Waals surface area contributed by atoms with Crippen LogP contribution in [0.15, 0.2) is 65.6 Å². The average Bonchev–Trinajstić information content (AvgIpc) is 3.08. The highest BCUT2D eigenvalue weighted by molar-refractivity contribution is 8.18. The monoisotopic (exact) mass is 513 g/mol. The molecule has 174 valence electrons. The summed E-state index contributed by atoms with van der Waals surface area (Å²) >= 11 is 12.9. The summed E-state index contributed by atoms with van der Waals surface area (Å²) in [7, 11) is 1.56. The van der Waals surface area contributed by atoms with Crippen molar-refractivity contribution in [2.24, 2.45) is 0 Å². The molecule has 4 rings (SSSR count). The molecule has 5 nitrogen and oxygen atoms in total. The third kappa shape index (κ3) is 5.58. The first-order valence-corrected chi connectivity index (χ1v) is 12.0. The van der Waals surface area contributed by atoms with Crippen LogP contribution in [0.25, 0.3) is 6.08 Å². The molecule has 2 amide bonds. The van der Waals surface area contributed by atoms with Gasteiger partial charge in [-0.3, -0.25) is 14.5 Å². The Morgan fingerprint density at radius 1 is 0.912 bits per heavy atom. The first kappa shape index (κ1) is 24.2. The Kier molecular flexibility index (Phi) is 7.51. The fourth-order valence-electron chi connectivity index (χ4n) is 3.35. The molecule has 0 atom stereocenters. The number of halogens is 2. The number of methoxy groups -OCH3 is 1. The van der Waals surface area contributed by atoms with Crippen molar-refractivity contribution in [3.05, 3.63) is 97.9 Å². The van der Waals surface area contributed by atoms with Gasteiger partial charge in [0.25, 0.3) is 11.1 Å². The molecule has 3 aromatic carbocycles. The highest BCUT2D eigenvalue weighted by Crippen LogP contribution is 2.36. The number of carbonyl (C=O) groups is 2. The fourth-order valence-corrected chi connectivity index (χ4v) is 4.51. The van der Waals surface area contributed by atoms with E-state index in [0.717, 1.165) is 28.5 Å². The van der Waals surface area contributed by atoms with Crippen LogP contribution in [0, 0.1) is 6.92 Å². The first-order valence-electron chi connectivity index (χ1n) is 10.4. The lowest BCUT2D eigenvalue weighted by Gasteiger charge is -2.13. The largest absolute Gasteiger partial charge is 0.493 e. The van der Waals surface area contributed by atoms with Gasteiger partial charge in [0.1, 0.15) is 6.61 Å². The molecule has 1 heterocycles. The summed E-state index contributed by atoms with van der Waals surface area (Å²) in [6, 6.07) is 18.5. The minimum atomic E-state index is -0.361. The third-order valence-electron chi connectivity index (χ3n) is 5.20. The number of rotatable bonds is 7. The highest BCUT2D eigenvalue weighted by Gasteiger charge is 2.35. The Labute approximate surface area is 212 Å². The molecule has 34 heavy (non-hydrogen) atoms. The zero-order chi connectivity index (χ0) is 24.2. The lowest BCUT2D eigenvalue weighted by Crippen LogP contribution is -2.27. The maximum absolute atomic E-state index is 12.9. The Morgan fingerprint density at radius 3 is 2.35 bits per heavy atom. The molecule has 0 saturated carbocycles. The number of aryl methyl sites for hydroxylation is 1. The van der Waals surface area contributed by atoms with Gasteiger partial charge >= 0.3 is 0 Å². The average molecular weight is 514 g/mol. The predicted octanol–water partition coefficient (Wildman–Crippen LogP) is 7.13. The van der Waals surface area contributed by atoms with Crippen LogP contribution in [-0.4, -0.2) is 23.2 Å². The number of carbonyl (C=O) groups excluding carboxylic acids is 2. The number of hydrogen-bond acceptors (Lipinski definition) is 5. The summed E-state index contributed by atoms with van der Waals surface area (Å²) in [5.41, 5.74) is 3.67. The topological polar surface area (TPSA) is 55.8 Å². The summed E-state index contributed by atoms with van der Waals surface area (Å²) in [5, 5.41) is 0.450. The Hall–Kier alpha value is -2.93. The standard InChI is InChI=1S/C26H21Cl2NO4S/c1-16-3-5-17(6-4-16)15-33-22-10-8-18(12-23(22)32-2)13-24-25(30)29(26(31)34-24)14-19-7-9-20(27)21(28)11-19/h3-13H,14-15H2,1-2H3/b24-13+. The molecule has 0 spiro atoms. The molecule has 1 fully saturated rings. The number of nitrogens with zero attached hydrogens (tertiary/aromatic N) is 1. The number of imide groups is 1. The van der Waals surface area contributed by atoms with E-state index in [2.05, 4.69) is 0 Å². The van der Waals surface area contributed by atoms with E-state index < -0.39 is 0 Å². The molecule has 0 aliphatic carbocycles. The van der Waals surface area contributed by atoms with Crippen LogP contribution < -0.4 is 9.47 Å². The fraction of sp³-hybridized carbons (Fsp3) is 0.154. The number of thioether (sulfide) groups is 1. The summed E-state index contributed by atoms with van der Waals surface area (Å²) in [6.07, 6.45) is 1.67. The Balaban J connectivity index is 1.48. The van der Waals surface area contributed by atoms with E-state index in [1.165, 1.54) is 10.5 Å². The Morgan fingerprint density at radius 2 is 1.65 bits per heavy atom. The molecular formula is C26H21Cl2NO4S. The van der Waals surface area contributed by atoms with Gasteiger partial charge in [-0.05, 0) is 65.7 Å². The van der Waals surface area contributed by atoms with Crippen molar-refractivity contribution < 1.29 is 19.1 Å². The lowest BCUT2D eigenvalue weighted by molar-refractivity contribution is -0.123. The first-order chi connectivity index (χ1) is 16.3. The van der Waals surface area contributed by atoms with Crippen LogP contribution in [0.5, 0.6) is 11.5 Å². The second-order valence-corrected chi connectivity index (χ2v) is 9.51. The molecule has 1 saturated heterocycles. The van der Waals surface area contributed by atoms with Crippen LogP contribution in [0.2, 0.25) is 10.0 Å². The predicted molar refractivity (Wildman–Crippen MR) is 136 cm³/mol. The van der Waals surface area contributed by atoms with Crippen LogP contribution in [-0.2, 0) is 17.9 Å². The van der Waals surface area contributed by atoms with E-state index in [1.54, 1.807) is 43.5 Å². The van der Waals surface area contributed by atoms with Crippen molar-refractivity contribution >= 4 is 52.2 Å². The summed E-state index contributed by atoms with van der Waals surface area (Å²) in [5.74, 6) is 0.767. The van der Waals surface area contributed by atoms with Crippen molar-refractivity contribution in [1.82, 2.24) is 4.90 Å². The molecular weight excluding hydrogens is 493 g/mol. The van der Waals surface area contributed by atoms with Gasteiger partial charge in [0.15, 0.2) is 11.5 Å². The second-order valence-electron chi connectivity index (χ2n) is 7.70. The SMILES string of the molecule is COc1cc(/C=C2/SC(=O)N(Cc3ccc(Cl)c(Cl)c3)C2=O)ccc1OCc1ccc(C)cc1. The smallest absolute Gasteiger partial charge is 0.293 e. The minimum Gasteiger partial charge on any atom is -0.493 e. The normalized spacial score (nSPS) is 14.7. The third-order valence-corrected chi connectivity index (χ3v) is 6.85. The molecule has 3 aromatic rings. The summed E-state index contributed by atoms with van der Waals surface area (Å²) in [6.45, 7) is 2.56. The van der Waals surface area contributed by atoms with Crippen molar-refractivity contribution in [2.75, 3.05) is 7.11 Å². The zero-order valence-corrected chi connectivity index (χ0v) is 20.8. The van der Waals surface area contributed by atoms with Gasteiger partial charge in [0.05, 0.1) is 28.6 Å². The molecule has 1 aliphatic heterocycles. The van der Waals surface area contributed by atoms with Gasteiger partial charge in [-0.2, -0.15) is 0 Å². The van der Waals surface area contributed by atoms with Crippen LogP contribution in [0.1, 0.15) is 22.3 Å². The highest BCUT2D eigenvalue weighted by atomic mass is 35.5. The molecule has 0 bridgehead atoms.